The monoisotopic (exact) mass is 555 g/mol. The average Bonchev–Trinajstić information content (AvgIpc) is 3.40. The van der Waals surface area contributed by atoms with E-state index in [1.54, 1.807) is 48.5 Å². The van der Waals surface area contributed by atoms with Crippen molar-refractivity contribution in [1.82, 2.24) is 4.90 Å². The van der Waals surface area contributed by atoms with Crippen LogP contribution < -0.4 is 10.6 Å². The van der Waals surface area contributed by atoms with E-state index < -0.39 is 33.8 Å². The molecule has 1 atom stereocenters. The van der Waals surface area contributed by atoms with Crippen LogP contribution in [-0.2, 0) is 19.4 Å². The summed E-state index contributed by atoms with van der Waals surface area (Å²) in [6, 6.07) is 16.5. The zero-order chi connectivity index (χ0) is 27.4. The van der Waals surface area contributed by atoms with E-state index in [9.17, 15) is 22.8 Å². The molecule has 3 aromatic carbocycles. The van der Waals surface area contributed by atoms with Gasteiger partial charge in [0.05, 0.1) is 23.3 Å². The Bertz CT molecular complexity index is 1490. The zero-order valence-electron chi connectivity index (χ0n) is 20.7. The van der Waals surface area contributed by atoms with Crippen LogP contribution in [0.1, 0.15) is 23.2 Å². The van der Waals surface area contributed by atoms with Crippen molar-refractivity contribution >= 4 is 50.7 Å². The Morgan fingerprint density at radius 3 is 2.39 bits per heavy atom. The number of methoxy groups -OCH3 is 1. The fraction of sp³-hybridized carbons (Fsp3) is 0.222. The maximum absolute atomic E-state index is 13.2. The summed E-state index contributed by atoms with van der Waals surface area (Å²) in [5, 5.41) is 6.05. The predicted octanol–water partition coefficient (Wildman–Crippen LogP) is 4.83. The fourth-order valence-corrected chi connectivity index (χ4v) is 5.39. The largest absolute Gasteiger partial charge is 0.465 e. The third-order valence-electron chi connectivity index (χ3n) is 6.19. The summed E-state index contributed by atoms with van der Waals surface area (Å²) < 4.78 is 29.5. The lowest BCUT2D eigenvalue weighted by Gasteiger charge is -2.24. The van der Waals surface area contributed by atoms with Crippen LogP contribution in [0.3, 0.4) is 0 Å². The fourth-order valence-electron chi connectivity index (χ4n) is 4.35. The van der Waals surface area contributed by atoms with Crippen LogP contribution in [0, 0.1) is 0 Å². The van der Waals surface area contributed by atoms with Crippen molar-refractivity contribution in [2.45, 2.75) is 23.8 Å². The number of carbonyl (C=O) groups excluding carboxylic acids is 3. The number of hydrogen-bond donors (Lipinski definition) is 2. The van der Waals surface area contributed by atoms with E-state index in [0.29, 0.717) is 41.2 Å². The Kier molecular flexibility index (Phi) is 8.03. The van der Waals surface area contributed by atoms with Crippen molar-refractivity contribution in [1.29, 1.82) is 0 Å². The van der Waals surface area contributed by atoms with Gasteiger partial charge in [0, 0.05) is 29.1 Å². The first-order valence-corrected chi connectivity index (χ1v) is 14.0. The second-order valence-corrected chi connectivity index (χ2v) is 11.2. The summed E-state index contributed by atoms with van der Waals surface area (Å²) in [4.78, 5) is 40.3. The maximum atomic E-state index is 13.2. The van der Waals surface area contributed by atoms with Gasteiger partial charge in [-0.25, -0.2) is 18.0 Å². The van der Waals surface area contributed by atoms with Crippen LogP contribution in [0.25, 0.3) is 11.1 Å². The van der Waals surface area contributed by atoms with Gasteiger partial charge in [-0.1, -0.05) is 35.9 Å². The number of hydrogen-bond acceptors (Lipinski definition) is 6. The lowest BCUT2D eigenvalue weighted by atomic mass is 10.0. The van der Waals surface area contributed by atoms with Gasteiger partial charge in [-0.2, -0.15) is 0 Å². The van der Waals surface area contributed by atoms with Gasteiger partial charge in [0.25, 0.3) is 0 Å². The molecule has 1 unspecified atom stereocenters. The molecular formula is C27H26ClN3O6S. The molecule has 3 aromatic rings. The van der Waals surface area contributed by atoms with Crippen molar-refractivity contribution in [2.24, 2.45) is 0 Å². The number of esters is 1. The van der Waals surface area contributed by atoms with E-state index in [-0.39, 0.29) is 16.1 Å². The first kappa shape index (κ1) is 27.2. The van der Waals surface area contributed by atoms with E-state index in [4.69, 9.17) is 16.3 Å². The van der Waals surface area contributed by atoms with Gasteiger partial charge < -0.3 is 20.3 Å². The molecule has 11 heteroatoms. The van der Waals surface area contributed by atoms with Crippen LogP contribution in [0.15, 0.2) is 71.6 Å². The van der Waals surface area contributed by atoms with Crippen LogP contribution in [-0.4, -0.2) is 57.2 Å². The molecule has 0 spiro atoms. The number of ether oxygens (including phenoxy) is 1. The number of amides is 3. The number of nitrogens with one attached hydrogen (secondary N) is 2. The number of benzene rings is 3. The molecule has 4 rings (SSSR count). The molecule has 38 heavy (non-hydrogen) atoms. The highest BCUT2D eigenvalue weighted by atomic mass is 35.5. The molecule has 2 N–H and O–H groups in total. The Morgan fingerprint density at radius 2 is 1.71 bits per heavy atom. The van der Waals surface area contributed by atoms with Gasteiger partial charge in [0.15, 0.2) is 9.84 Å². The van der Waals surface area contributed by atoms with Crippen molar-refractivity contribution in [2.75, 3.05) is 30.5 Å². The third kappa shape index (κ3) is 5.98. The van der Waals surface area contributed by atoms with Crippen LogP contribution in [0.4, 0.5) is 16.2 Å². The smallest absolute Gasteiger partial charge is 0.339 e. The minimum absolute atomic E-state index is 0.0526. The lowest BCUT2D eigenvalue weighted by molar-refractivity contribution is -0.119. The number of nitrogens with zero attached hydrogens (tertiary/aromatic N) is 1. The molecule has 0 radical (unpaired) electrons. The normalized spacial score (nSPS) is 15.1. The lowest BCUT2D eigenvalue weighted by Crippen LogP contribution is -2.45. The van der Waals surface area contributed by atoms with Gasteiger partial charge in [0.1, 0.15) is 6.04 Å². The Balaban J connectivity index is 1.58. The molecule has 1 aliphatic rings. The summed E-state index contributed by atoms with van der Waals surface area (Å²) >= 11 is 5.90. The quantitative estimate of drug-likeness (QED) is 0.420. The minimum Gasteiger partial charge on any atom is -0.465 e. The van der Waals surface area contributed by atoms with Gasteiger partial charge in [0.2, 0.25) is 5.91 Å². The van der Waals surface area contributed by atoms with Gasteiger partial charge in [-0.05, 0) is 60.9 Å². The molecule has 1 fully saturated rings. The van der Waals surface area contributed by atoms with Crippen molar-refractivity contribution < 1.29 is 27.5 Å². The molecule has 1 saturated heterocycles. The second kappa shape index (κ2) is 11.2. The molecule has 0 aromatic heterocycles. The van der Waals surface area contributed by atoms with Crippen molar-refractivity contribution in [3.05, 3.63) is 77.3 Å². The molecule has 0 saturated carbocycles. The summed E-state index contributed by atoms with van der Waals surface area (Å²) in [5.41, 5.74) is 1.67. The number of rotatable bonds is 6. The first-order chi connectivity index (χ1) is 18.1. The Morgan fingerprint density at radius 1 is 1.00 bits per heavy atom. The number of halogens is 1. The summed E-state index contributed by atoms with van der Waals surface area (Å²) in [6.45, 7) is 0.391. The third-order valence-corrected chi connectivity index (χ3v) is 7.60. The number of urea groups is 1. The molecule has 9 nitrogen and oxygen atoms in total. The number of sulfone groups is 1. The number of likely N-dealkylation sites (tertiary alicyclic amines) is 1. The Labute approximate surface area is 225 Å². The summed E-state index contributed by atoms with van der Waals surface area (Å²) in [5.74, 6) is -1.16. The van der Waals surface area contributed by atoms with Crippen molar-refractivity contribution in [3.63, 3.8) is 0 Å². The minimum atomic E-state index is -3.54. The number of carbonyl (C=O) groups is 3. The average molecular weight is 556 g/mol. The van der Waals surface area contributed by atoms with E-state index in [2.05, 4.69) is 10.6 Å². The second-order valence-electron chi connectivity index (χ2n) is 8.80. The molecule has 3 amide bonds. The van der Waals surface area contributed by atoms with Crippen LogP contribution in [0.2, 0.25) is 5.02 Å². The van der Waals surface area contributed by atoms with Gasteiger partial charge in [-0.15, -0.1) is 0 Å². The molecule has 198 valence electrons. The first-order valence-electron chi connectivity index (χ1n) is 11.7. The maximum Gasteiger partial charge on any atom is 0.339 e. The SMILES string of the molecule is COC(=O)c1cc(-c2ccccc2S(C)(=O)=O)ccc1NC(=O)C1CCCN1C(=O)Nc1ccc(Cl)cc1. The highest BCUT2D eigenvalue weighted by Crippen LogP contribution is 2.31. The molecule has 0 aliphatic carbocycles. The summed E-state index contributed by atoms with van der Waals surface area (Å²) in [7, 11) is -2.32. The Hall–Kier alpha value is -3.89. The van der Waals surface area contributed by atoms with E-state index in [1.807, 2.05) is 0 Å². The van der Waals surface area contributed by atoms with Gasteiger partial charge in [-0.3, -0.25) is 4.79 Å². The van der Waals surface area contributed by atoms with Crippen molar-refractivity contribution in [3.8, 4) is 11.1 Å². The number of anilines is 2. The molecule has 1 heterocycles. The highest BCUT2D eigenvalue weighted by Gasteiger charge is 2.35. The van der Waals surface area contributed by atoms with Crippen LogP contribution in [0.5, 0.6) is 0 Å². The predicted molar refractivity (Wildman–Crippen MR) is 145 cm³/mol. The zero-order valence-corrected chi connectivity index (χ0v) is 22.3. The molecular weight excluding hydrogens is 530 g/mol. The summed E-state index contributed by atoms with van der Waals surface area (Å²) in [6.07, 6.45) is 2.20. The highest BCUT2D eigenvalue weighted by molar-refractivity contribution is 7.90. The van der Waals surface area contributed by atoms with Crippen LogP contribution >= 0.6 is 11.6 Å². The topological polar surface area (TPSA) is 122 Å². The van der Waals surface area contributed by atoms with E-state index >= 15 is 0 Å². The van der Waals surface area contributed by atoms with E-state index in [1.165, 1.54) is 30.2 Å². The molecule has 0 bridgehead atoms. The van der Waals surface area contributed by atoms with E-state index in [0.717, 1.165) is 6.26 Å². The van der Waals surface area contributed by atoms with Gasteiger partial charge >= 0.3 is 12.0 Å². The standard InChI is InChI=1S/C27H26ClN3O6S/c1-37-26(33)21-16-17(20-6-3-4-8-24(20)38(2,35)36)9-14-22(21)30-25(32)23-7-5-15-31(23)27(34)29-19-12-10-18(28)11-13-19/h3-4,6,8-14,16,23H,5,7,15H2,1-2H3,(H,29,34)(H,30,32). The molecule has 1 aliphatic heterocycles.